The normalized spacial score (nSPS) is 9.95. The van der Waals surface area contributed by atoms with Crippen LogP contribution >= 0.6 is 0 Å². The maximum atomic E-state index is 11.9. The molecule has 20 heavy (non-hydrogen) atoms. The first-order valence-electron chi connectivity index (χ1n) is 6.89. The summed E-state index contributed by atoms with van der Waals surface area (Å²) in [5.41, 5.74) is 1.03. The SMILES string of the molecule is CCN(CC)C(=O)CN(C)C(=O)NCc1ccccc1. The number of urea groups is 1. The van der Waals surface area contributed by atoms with E-state index in [-0.39, 0.29) is 18.5 Å². The summed E-state index contributed by atoms with van der Waals surface area (Å²) in [6, 6.07) is 9.43. The average Bonchev–Trinajstić information content (AvgIpc) is 2.47. The van der Waals surface area contributed by atoms with Gasteiger partial charge in [-0.2, -0.15) is 0 Å². The van der Waals surface area contributed by atoms with Crippen molar-refractivity contribution < 1.29 is 9.59 Å². The molecule has 1 N–H and O–H groups in total. The summed E-state index contributed by atoms with van der Waals surface area (Å²) in [5, 5.41) is 2.80. The van der Waals surface area contributed by atoms with Crippen LogP contribution in [0.25, 0.3) is 0 Å². The molecule has 0 unspecified atom stereocenters. The zero-order chi connectivity index (χ0) is 15.0. The Kier molecular flexibility index (Phi) is 6.56. The highest BCUT2D eigenvalue weighted by atomic mass is 16.2. The van der Waals surface area contributed by atoms with E-state index in [1.165, 1.54) is 4.90 Å². The number of carbonyl (C=O) groups is 2. The number of rotatable bonds is 6. The zero-order valence-electron chi connectivity index (χ0n) is 12.4. The highest BCUT2D eigenvalue weighted by Crippen LogP contribution is 1.98. The van der Waals surface area contributed by atoms with Gasteiger partial charge in [-0.3, -0.25) is 4.79 Å². The molecule has 0 radical (unpaired) electrons. The summed E-state index contributed by atoms with van der Waals surface area (Å²) in [6.07, 6.45) is 0. The molecule has 0 bridgehead atoms. The van der Waals surface area contributed by atoms with Crippen LogP contribution in [0.4, 0.5) is 4.79 Å². The van der Waals surface area contributed by atoms with Gasteiger partial charge in [-0.05, 0) is 19.4 Å². The van der Waals surface area contributed by atoms with Crippen LogP contribution in [0.15, 0.2) is 30.3 Å². The number of carbonyl (C=O) groups excluding carboxylic acids is 2. The second kappa shape index (κ2) is 8.19. The number of nitrogens with one attached hydrogen (secondary N) is 1. The summed E-state index contributed by atoms with van der Waals surface area (Å²) in [5.74, 6) is -0.0349. The van der Waals surface area contributed by atoms with Gasteiger partial charge in [0.15, 0.2) is 0 Å². The number of amides is 3. The second-order valence-electron chi connectivity index (χ2n) is 4.57. The van der Waals surface area contributed by atoms with Crippen molar-refractivity contribution in [2.45, 2.75) is 20.4 Å². The molecule has 0 saturated carbocycles. The molecule has 5 nitrogen and oxygen atoms in total. The van der Waals surface area contributed by atoms with Gasteiger partial charge in [0.1, 0.15) is 6.54 Å². The summed E-state index contributed by atoms with van der Waals surface area (Å²) in [7, 11) is 1.63. The molecule has 110 valence electrons. The van der Waals surface area contributed by atoms with E-state index in [1.54, 1.807) is 11.9 Å². The standard InChI is InChI=1S/C15H23N3O2/c1-4-18(5-2)14(19)12-17(3)15(20)16-11-13-9-7-6-8-10-13/h6-10H,4-5,11-12H2,1-3H3,(H,16,20). The van der Waals surface area contributed by atoms with Gasteiger partial charge in [0.05, 0.1) is 0 Å². The first-order valence-corrected chi connectivity index (χ1v) is 6.89. The summed E-state index contributed by atoms with van der Waals surface area (Å²) in [4.78, 5) is 26.9. The fourth-order valence-electron chi connectivity index (χ4n) is 1.86. The van der Waals surface area contributed by atoms with Crippen molar-refractivity contribution in [3.8, 4) is 0 Å². The third kappa shape index (κ3) is 4.91. The van der Waals surface area contributed by atoms with Crippen molar-refractivity contribution in [1.82, 2.24) is 15.1 Å². The Morgan fingerprint density at radius 1 is 1.10 bits per heavy atom. The lowest BCUT2D eigenvalue weighted by atomic mass is 10.2. The number of likely N-dealkylation sites (N-methyl/N-ethyl adjacent to an activating group) is 2. The number of hydrogen-bond acceptors (Lipinski definition) is 2. The predicted octanol–water partition coefficient (Wildman–Crippen LogP) is 1.70. The van der Waals surface area contributed by atoms with Crippen LogP contribution in [0.1, 0.15) is 19.4 Å². The van der Waals surface area contributed by atoms with Crippen LogP contribution in [0.2, 0.25) is 0 Å². The second-order valence-corrected chi connectivity index (χ2v) is 4.57. The highest BCUT2D eigenvalue weighted by Gasteiger charge is 2.15. The molecule has 0 spiro atoms. The van der Waals surface area contributed by atoms with Gasteiger partial charge < -0.3 is 15.1 Å². The molecule has 5 heteroatoms. The molecule has 0 aliphatic rings. The third-order valence-electron chi connectivity index (χ3n) is 3.12. The van der Waals surface area contributed by atoms with Crippen LogP contribution in [-0.2, 0) is 11.3 Å². The fraction of sp³-hybridized carbons (Fsp3) is 0.467. The molecule has 0 atom stereocenters. The molecule has 3 amide bonds. The van der Waals surface area contributed by atoms with Gasteiger partial charge in [-0.1, -0.05) is 30.3 Å². The third-order valence-corrected chi connectivity index (χ3v) is 3.12. The van der Waals surface area contributed by atoms with Gasteiger partial charge in [-0.15, -0.1) is 0 Å². The van der Waals surface area contributed by atoms with E-state index in [9.17, 15) is 9.59 Å². The molecule has 0 aliphatic heterocycles. The average molecular weight is 277 g/mol. The molecule has 0 aliphatic carbocycles. The molecule has 1 aromatic rings. The van der Waals surface area contributed by atoms with Gasteiger partial charge in [0, 0.05) is 26.7 Å². The van der Waals surface area contributed by atoms with Crippen LogP contribution in [0.3, 0.4) is 0 Å². The lowest BCUT2D eigenvalue weighted by molar-refractivity contribution is -0.131. The summed E-state index contributed by atoms with van der Waals surface area (Å²) < 4.78 is 0. The van der Waals surface area contributed by atoms with Crippen LogP contribution < -0.4 is 5.32 Å². The zero-order valence-corrected chi connectivity index (χ0v) is 12.4. The predicted molar refractivity (Wildman–Crippen MR) is 79.2 cm³/mol. The van der Waals surface area contributed by atoms with Gasteiger partial charge in [0.25, 0.3) is 0 Å². The van der Waals surface area contributed by atoms with E-state index in [1.807, 2.05) is 44.2 Å². The Labute approximate surface area is 120 Å². The van der Waals surface area contributed by atoms with E-state index >= 15 is 0 Å². The minimum absolute atomic E-state index is 0.0349. The van der Waals surface area contributed by atoms with Gasteiger partial charge in [0.2, 0.25) is 5.91 Å². The highest BCUT2D eigenvalue weighted by molar-refractivity contribution is 5.83. The maximum absolute atomic E-state index is 11.9. The Morgan fingerprint density at radius 3 is 2.25 bits per heavy atom. The van der Waals surface area contributed by atoms with Crippen molar-refractivity contribution in [3.63, 3.8) is 0 Å². The van der Waals surface area contributed by atoms with Crippen molar-refractivity contribution in [2.24, 2.45) is 0 Å². The van der Waals surface area contributed by atoms with Gasteiger partial charge >= 0.3 is 6.03 Å². The Bertz CT molecular complexity index is 430. The Hall–Kier alpha value is -2.04. The van der Waals surface area contributed by atoms with E-state index < -0.39 is 0 Å². The molecule has 0 fully saturated rings. The molecule has 1 rings (SSSR count). The van der Waals surface area contributed by atoms with E-state index in [0.717, 1.165) is 5.56 Å². The minimum Gasteiger partial charge on any atom is -0.342 e. The van der Waals surface area contributed by atoms with E-state index in [2.05, 4.69) is 5.32 Å². The van der Waals surface area contributed by atoms with Crippen LogP contribution in [0, 0.1) is 0 Å². The number of hydrogen-bond donors (Lipinski definition) is 1. The van der Waals surface area contributed by atoms with E-state index in [0.29, 0.717) is 19.6 Å². The minimum atomic E-state index is -0.241. The first-order chi connectivity index (χ1) is 9.58. The largest absolute Gasteiger partial charge is 0.342 e. The maximum Gasteiger partial charge on any atom is 0.317 e. The Morgan fingerprint density at radius 2 is 1.70 bits per heavy atom. The smallest absolute Gasteiger partial charge is 0.317 e. The van der Waals surface area contributed by atoms with E-state index in [4.69, 9.17) is 0 Å². The monoisotopic (exact) mass is 277 g/mol. The number of benzene rings is 1. The van der Waals surface area contributed by atoms with Crippen LogP contribution in [-0.4, -0.2) is 48.4 Å². The molecule has 1 aromatic carbocycles. The lowest BCUT2D eigenvalue weighted by Gasteiger charge is -2.23. The fourth-order valence-corrected chi connectivity index (χ4v) is 1.86. The summed E-state index contributed by atoms with van der Waals surface area (Å²) >= 11 is 0. The molecular weight excluding hydrogens is 254 g/mol. The number of nitrogens with zero attached hydrogens (tertiary/aromatic N) is 2. The molecule has 0 heterocycles. The van der Waals surface area contributed by atoms with Gasteiger partial charge in [-0.25, -0.2) is 4.79 Å². The topological polar surface area (TPSA) is 52.7 Å². The van der Waals surface area contributed by atoms with Crippen molar-refractivity contribution in [2.75, 3.05) is 26.7 Å². The quantitative estimate of drug-likeness (QED) is 0.860. The lowest BCUT2D eigenvalue weighted by Crippen LogP contribution is -2.44. The molecular formula is C15H23N3O2. The first kappa shape index (κ1) is 16.0. The Balaban J connectivity index is 2.41. The molecule has 0 aromatic heterocycles. The van der Waals surface area contributed by atoms with Crippen molar-refractivity contribution in [3.05, 3.63) is 35.9 Å². The van der Waals surface area contributed by atoms with Crippen LogP contribution in [0.5, 0.6) is 0 Å². The molecule has 0 saturated heterocycles. The van der Waals surface area contributed by atoms with Crippen molar-refractivity contribution in [1.29, 1.82) is 0 Å². The van der Waals surface area contributed by atoms with Crippen molar-refractivity contribution >= 4 is 11.9 Å². The summed E-state index contributed by atoms with van der Waals surface area (Å²) in [6.45, 7) is 5.74.